The zero-order chi connectivity index (χ0) is 8.65. The summed E-state index contributed by atoms with van der Waals surface area (Å²) in [5.74, 6) is 0.922. The van der Waals surface area contributed by atoms with E-state index in [-0.39, 0.29) is 0 Å². The van der Waals surface area contributed by atoms with Crippen molar-refractivity contribution in [3.8, 4) is 0 Å². The van der Waals surface area contributed by atoms with Crippen LogP contribution in [0.1, 0.15) is 45.4 Å². The summed E-state index contributed by atoms with van der Waals surface area (Å²) in [7, 11) is 0. The van der Waals surface area contributed by atoms with Gasteiger partial charge in [0, 0.05) is 0 Å². The van der Waals surface area contributed by atoms with Crippen molar-refractivity contribution in [1.29, 1.82) is 0 Å². The number of hydrogen-bond donors (Lipinski definition) is 0. The monoisotopic (exact) mass is 164 g/mol. The highest BCUT2D eigenvalue weighted by Gasteiger charge is 2.16. The van der Waals surface area contributed by atoms with Gasteiger partial charge in [0.25, 0.3) is 0 Å². The molecule has 0 saturated heterocycles. The predicted octanol–water partition coefficient (Wildman–Crippen LogP) is 4.09. The summed E-state index contributed by atoms with van der Waals surface area (Å²) in [6.45, 7) is 2.25. The lowest BCUT2D eigenvalue weighted by Gasteiger charge is -1.89. The Hall–Kier alpha value is -0.520. The molecule has 0 spiro atoms. The Kier molecular flexibility index (Phi) is 4.82. The van der Waals surface area contributed by atoms with E-state index in [0.717, 1.165) is 5.92 Å². The Balaban J connectivity index is 1.90. The third kappa shape index (κ3) is 5.17. The second kappa shape index (κ2) is 6.05. The fourth-order valence-electron chi connectivity index (χ4n) is 1.20. The lowest BCUT2D eigenvalue weighted by atomic mass is 10.2. The van der Waals surface area contributed by atoms with Crippen molar-refractivity contribution in [2.75, 3.05) is 0 Å². The summed E-state index contributed by atoms with van der Waals surface area (Å²) >= 11 is 0. The minimum Gasteiger partial charge on any atom is -0.0845 e. The van der Waals surface area contributed by atoms with Crippen LogP contribution in [0.5, 0.6) is 0 Å². The van der Waals surface area contributed by atoms with Crippen molar-refractivity contribution in [3.05, 3.63) is 24.3 Å². The molecule has 0 amide bonds. The van der Waals surface area contributed by atoms with Crippen molar-refractivity contribution in [2.24, 2.45) is 5.92 Å². The predicted molar refractivity (Wildman–Crippen MR) is 55.1 cm³/mol. The van der Waals surface area contributed by atoms with Crippen LogP contribution in [-0.4, -0.2) is 0 Å². The van der Waals surface area contributed by atoms with E-state index in [4.69, 9.17) is 0 Å². The van der Waals surface area contributed by atoms with Crippen molar-refractivity contribution in [2.45, 2.75) is 45.4 Å². The molecule has 68 valence electrons. The van der Waals surface area contributed by atoms with E-state index in [9.17, 15) is 0 Å². The zero-order valence-electron chi connectivity index (χ0n) is 8.13. The lowest BCUT2D eigenvalue weighted by molar-refractivity contribution is 0.729. The Bertz CT molecular complexity index is 149. The first kappa shape index (κ1) is 9.57. The number of rotatable bonds is 6. The minimum absolute atomic E-state index is 0.922. The normalized spacial score (nSPS) is 18.1. The summed E-state index contributed by atoms with van der Waals surface area (Å²) in [5, 5.41) is 0. The van der Waals surface area contributed by atoms with E-state index >= 15 is 0 Å². The van der Waals surface area contributed by atoms with E-state index in [2.05, 4.69) is 31.2 Å². The van der Waals surface area contributed by atoms with Gasteiger partial charge in [0.2, 0.25) is 0 Å². The van der Waals surface area contributed by atoms with E-state index < -0.39 is 0 Å². The fourth-order valence-corrected chi connectivity index (χ4v) is 1.20. The van der Waals surface area contributed by atoms with Gasteiger partial charge in [-0.2, -0.15) is 0 Å². The summed E-state index contributed by atoms with van der Waals surface area (Å²) < 4.78 is 0. The average molecular weight is 164 g/mol. The maximum absolute atomic E-state index is 2.33. The van der Waals surface area contributed by atoms with Crippen LogP contribution in [0.15, 0.2) is 24.3 Å². The summed E-state index contributed by atoms with van der Waals surface area (Å²) in [6, 6.07) is 0. The molecule has 0 N–H and O–H groups in total. The number of hydrogen-bond acceptors (Lipinski definition) is 0. The molecule has 0 unspecified atom stereocenters. The molecule has 1 rings (SSSR count). The highest BCUT2D eigenvalue weighted by molar-refractivity contribution is 5.07. The number of allylic oxidation sites excluding steroid dienone is 4. The van der Waals surface area contributed by atoms with Crippen LogP contribution in [0.2, 0.25) is 0 Å². The molecule has 0 aromatic carbocycles. The molecular weight excluding hydrogens is 144 g/mol. The van der Waals surface area contributed by atoms with Crippen LogP contribution in [0.25, 0.3) is 0 Å². The molecule has 1 saturated carbocycles. The van der Waals surface area contributed by atoms with Crippen molar-refractivity contribution < 1.29 is 0 Å². The number of unbranched alkanes of at least 4 members (excludes halogenated alkanes) is 3. The van der Waals surface area contributed by atoms with Crippen LogP contribution < -0.4 is 0 Å². The van der Waals surface area contributed by atoms with E-state index in [1.807, 2.05) is 0 Å². The van der Waals surface area contributed by atoms with E-state index in [1.165, 1.54) is 38.5 Å². The van der Waals surface area contributed by atoms with Crippen molar-refractivity contribution in [3.63, 3.8) is 0 Å². The molecular formula is C12H20. The van der Waals surface area contributed by atoms with Gasteiger partial charge in [0.05, 0.1) is 0 Å². The molecule has 0 atom stereocenters. The molecule has 1 fully saturated rings. The standard InChI is InChI=1S/C12H20/c1-2-3-4-5-6-7-8-9-12-10-11-12/h6-9,12H,2-5,10-11H2,1H3. The first-order valence-corrected chi connectivity index (χ1v) is 5.27. The quantitative estimate of drug-likeness (QED) is 0.410. The van der Waals surface area contributed by atoms with Gasteiger partial charge in [0.15, 0.2) is 0 Å². The van der Waals surface area contributed by atoms with E-state index in [1.54, 1.807) is 0 Å². The van der Waals surface area contributed by atoms with Gasteiger partial charge in [-0.05, 0) is 31.6 Å². The summed E-state index contributed by atoms with van der Waals surface area (Å²) in [4.78, 5) is 0. The fraction of sp³-hybridized carbons (Fsp3) is 0.667. The van der Waals surface area contributed by atoms with Gasteiger partial charge < -0.3 is 0 Å². The van der Waals surface area contributed by atoms with Crippen LogP contribution in [0.4, 0.5) is 0 Å². The molecule has 1 aliphatic carbocycles. The van der Waals surface area contributed by atoms with Crippen LogP contribution in [0, 0.1) is 5.92 Å². The molecule has 0 heterocycles. The zero-order valence-corrected chi connectivity index (χ0v) is 8.13. The second-order valence-corrected chi connectivity index (χ2v) is 3.65. The molecule has 0 aromatic rings. The highest BCUT2D eigenvalue weighted by Crippen LogP contribution is 2.29. The molecule has 0 bridgehead atoms. The third-order valence-electron chi connectivity index (χ3n) is 2.23. The first-order chi connectivity index (χ1) is 5.93. The third-order valence-corrected chi connectivity index (χ3v) is 2.23. The molecule has 0 aliphatic heterocycles. The highest BCUT2D eigenvalue weighted by atomic mass is 14.2. The Morgan fingerprint density at radius 2 is 2.00 bits per heavy atom. The average Bonchev–Trinajstić information content (AvgIpc) is 2.87. The van der Waals surface area contributed by atoms with Gasteiger partial charge in [-0.1, -0.05) is 44.1 Å². The molecule has 0 heteroatoms. The second-order valence-electron chi connectivity index (χ2n) is 3.65. The largest absolute Gasteiger partial charge is 0.0845 e. The summed E-state index contributed by atoms with van der Waals surface area (Å²) in [5.41, 5.74) is 0. The molecule has 0 radical (unpaired) electrons. The lowest BCUT2D eigenvalue weighted by Crippen LogP contribution is -1.69. The maximum atomic E-state index is 2.33. The maximum Gasteiger partial charge on any atom is -0.0230 e. The van der Waals surface area contributed by atoms with Gasteiger partial charge in [-0.3, -0.25) is 0 Å². The van der Waals surface area contributed by atoms with Gasteiger partial charge in [-0.25, -0.2) is 0 Å². The molecule has 1 aliphatic rings. The van der Waals surface area contributed by atoms with Crippen LogP contribution in [0.3, 0.4) is 0 Å². The van der Waals surface area contributed by atoms with E-state index in [0.29, 0.717) is 0 Å². The minimum atomic E-state index is 0.922. The first-order valence-electron chi connectivity index (χ1n) is 5.27. The topological polar surface area (TPSA) is 0 Å². The smallest absolute Gasteiger partial charge is 0.0230 e. The van der Waals surface area contributed by atoms with Crippen molar-refractivity contribution >= 4 is 0 Å². The van der Waals surface area contributed by atoms with Gasteiger partial charge in [0.1, 0.15) is 0 Å². The summed E-state index contributed by atoms with van der Waals surface area (Å²) in [6.07, 6.45) is 17.2. The molecule has 12 heavy (non-hydrogen) atoms. The van der Waals surface area contributed by atoms with Crippen LogP contribution in [-0.2, 0) is 0 Å². The Morgan fingerprint density at radius 3 is 2.67 bits per heavy atom. The Labute approximate surface area is 76.4 Å². The Morgan fingerprint density at radius 1 is 1.17 bits per heavy atom. The molecule has 0 nitrogen and oxygen atoms in total. The van der Waals surface area contributed by atoms with Crippen LogP contribution >= 0.6 is 0 Å². The van der Waals surface area contributed by atoms with Gasteiger partial charge >= 0.3 is 0 Å². The SMILES string of the molecule is CCCCCC=CC=CC1CC1. The van der Waals surface area contributed by atoms with Gasteiger partial charge in [-0.15, -0.1) is 0 Å². The van der Waals surface area contributed by atoms with Crippen molar-refractivity contribution in [1.82, 2.24) is 0 Å². The molecule has 0 aromatic heterocycles.